The smallest absolute Gasteiger partial charge is 0.152 e. The monoisotopic (exact) mass is 192 g/mol. The predicted molar refractivity (Wildman–Crippen MR) is 49.9 cm³/mol. The van der Waals surface area contributed by atoms with Gasteiger partial charge in [-0.05, 0) is 18.2 Å². The Morgan fingerprint density at radius 1 is 1.46 bits per heavy atom. The molecular weight excluding hydrogens is 188 g/mol. The van der Waals surface area contributed by atoms with Crippen molar-refractivity contribution in [2.24, 2.45) is 0 Å². The van der Waals surface area contributed by atoms with Crippen LogP contribution in [0.15, 0.2) is 24.4 Å². The lowest BCUT2D eigenvalue weighted by atomic mass is 10.2. The van der Waals surface area contributed by atoms with Crippen molar-refractivity contribution in [1.82, 2.24) is 9.97 Å². The SMILES string of the molecule is O=Cc1cc(Cl)nc2cccnc12. The number of nitrogens with zero attached hydrogens (tertiary/aromatic N) is 2. The molecule has 0 aliphatic rings. The zero-order valence-electron chi connectivity index (χ0n) is 6.57. The number of hydrogen-bond donors (Lipinski definition) is 0. The van der Waals surface area contributed by atoms with Crippen LogP contribution in [0.3, 0.4) is 0 Å². The van der Waals surface area contributed by atoms with E-state index in [4.69, 9.17) is 11.6 Å². The second-order valence-electron chi connectivity index (χ2n) is 2.52. The zero-order chi connectivity index (χ0) is 9.26. The molecule has 4 heteroatoms. The third kappa shape index (κ3) is 1.38. The van der Waals surface area contributed by atoms with Gasteiger partial charge in [-0.15, -0.1) is 0 Å². The highest BCUT2D eigenvalue weighted by atomic mass is 35.5. The third-order valence-electron chi connectivity index (χ3n) is 1.69. The van der Waals surface area contributed by atoms with Crippen molar-refractivity contribution >= 4 is 28.9 Å². The number of carbonyl (C=O) groups excluding carboxylic acids is 1. The summed E-state index contributed by atoms with van der Waals surface area (Å²) < 4.78 is 0. The molecule has 0 aromatic carbocycles. The molecule has 0 amide bonds. The quantitative estimate of drug-likeness (QED) is 0.513. The maximum absolute atomic E-state index is 10.6. The Hall–Kier alpha value is -1.48. The molecule has 0 aliphatic carbocycles. The first-order chi connectivity index (χ1) is 6.31. The molecule has 0 spiro atoms. The normalized spacial score (nSPS) is 10.2. The summed E-state index contributed by atoms with van der Waals surface area (Å²) in [5, 5.41) is 0.308. The Kier molecular flexibility index (Phi) is 1.94. The molecule has 2 aromatic heterocycles. The molecular formula is C9H5ClN2O. The third-order valence-corrected chi connectivity index (χ3v) is 1.88. The van der Waals surface area contributed by atoms with Crippen LogP contribution in [-0.4, -0.2) is 16.3 Å². The van der Waals surface area contributed by atoms with Crippen molar-refractivity contribution in [1.29, 1.82) is 0 Å². The second-order valence-corrected chi connectivity index (χ2v) is 2.91. The van der Waals surface area contributed by atoms with E-state index in [9.17, 15) is 4.79 Å². The van der Waals surface area contributed by atoms with E-state index in [1.807, 2.05) is 0 Å². The highest BCUT2D eigenvalue weighted by molar-refractivity contribution is 6.30. The molecule has 13 heavy (non-hydrogen) atoms. The van der Waals surface area contributed by atoms with Crippen LogP contribution in [0.25, 0.3) is 11.0 Å². The van der Waals surface area contributed by atoms with Crippen LogP contribution in [0.4, 0.5) is 0 Å². The van der Waals surface area contributed by atoms with Crippen molar-refractivity contribution in [3.05, 3.63) is 35.1 Å². The van der Waals surface area contributed by atoms with Crippen molar-refractivity contribution < 1.29 is 4.79 Å². The summed E-state index contributed by atoms with van der Waals surface area (Å²) >= 11 is 5.70. The first kappa shape index (κ1) is 8.13. The van der Waals surface area contributed by atoms with E-state index in [-0.39, 0.29) is 0 Å². The van der Waals surface area contributed by atoms with Crippen molar-refractivity contribution in [2.75, 3.05) is 0 Å². The second kappa shape index (κ2) is 3.11. The number of rotatable bonds is 1. The largest absolute Gasteiger partial charge is 0.298 e. The number of aldehydes is 1. The highest BCUT2D eigenvalue weighted by Crippen LogP contribution is 2.16. The van der Waals surface area contributed by atoms with Crippen LogP contribution in [0.5, 0.6) is 0 Å². The Morgan fingerprint density at radius 3 is 3.08 bits per heavy atom. The Balaban J connectivity index is 2.89. The van der Waals surface area contributed by atoms with E-state index in [1.54, 1.807) is 18.3 Å². The molecule has 3 nitrogen and oxygen atoms in total. The highest BCUT2D eigenvalue weighted by Gasteiger charge is 2.03. The lowest BCUT2D eigenvalue weighted by Crippen LogP contribution is -1.89. The Labute approximate surface area is 79.4 Å². The van der Waals surface area contributed by atoms with Gasteiger partial charge >= 0.3 is 0 Å². The molecule has 0 unspecified atom stereocenters. The number of halogens is 1. The maximum Gasteiger partial charge on any atom is 0.152 e. The summed E-state index contributed by atoms with van der Waals surface area (Å²) in [6, 6.07) is 5.02. The molecule has 0 saturated heterocycles. The molecule has 0 saturated carbocycles. The molecule has 0 bridgehead atoms. The van der Waals surface area contributed by atoms with Crippen LogP contribution >= 0.6 is 11.6 Å². The van der Waals surface area contributed by atoms with E-state index in [2.05, 4.69) is 9.97 Å². The Morgan fingerprint density at radius 2 is 2.31 bits per heavy atom. The van der Waals surface area contributed by atoms with Gasteiger partial charge in [0.1, 0.15) is 5.15 Å². The van der Waals surface area contributed by atoms with E-state index < -0.39 is 0 Å². The van der Waals surface area contributed by atoms with E-state index >= 15 is 0 Å². The molecule has 0 aliphatic heterocycles. The fraction of sp³-hybridized carbons (Fsp3) is 0. The fourth-order valence-corrected chi connectivity index (χ4v) is 1.35. The van der Waals surface area contributed by atoms with Gasteiger partial charge in [-0.2, -0.15) is 0 Å². The van der Waals surface area contributed by atoms with Gasteiger partial charge in [0.05, 0.1) is 11.0 Å². The lowest BCUT2D eigenvalue weighted by molar-refractivity contribution is 0.112. The lowest BCUT2D eigenvalue weighted by Gasteiger charge is -1.98. The topological polar surface area (TPSA) is 42.9 Å². The van der Waals surface area contributed by atoms with Crippen LogP contribution in [0.1, 0.15) is 10.4 Å². The molecule has 0 N–H and O–H groups in total. The summed E-state index contributed by atoms with van der Waals surface area (Å²) in [6.45, 7) is 0. The number of pyridine rings is 2. The van der Waals surface area contributed by atoms with Crippen LogP contribution < -0.4 is 0 Å². The average molecular weight is 193 g/mol. The number of hydrogen-bond acceptors (Lipinski definition) is 3. The number of carbonyl (C=O) groups is 1. The van der Waals surface area contributed by atoms with Crippen molar-refractivity contribution in [3.63, 3.8) is 0 Å². The van der Waals surface area contributed by atoms with Crippen molar-refractivity contribution in [2.45, 2.75) is 0 Å². The van der Waals surface area contributed by atoms with Gasteiger partial charge in [0.25, 0.3) is 0 Å². The van der Waals surface area contributed by atoms with Gasteiger partial charge in [-0.1, -0.05) is 11.6 Å². The maximum atomic E-state index is 10.6. The molecule has 2 rings (SSSR count). The van der Waals surface area contributed by atoms with E-state index in [0.29, 0.717) is 21.7 Å². The summed E-state index contributed by atoms with van der Waals surface area (Å²) in [5.74, 6) is 0. The Bertz CT molecular complexity index is 470. The van der Waals surface area contributed by atoms with E-state index in [0.717, 1.165) is 6.29 Å². The fourth-order valence-electron chi connectivity index (χ4n) is 1.14. The van der Waals surface area contributed by atoms with Gasteiger partial charge in [0, 0.05) is 11.8 Å². The summed E-state index contributed by atoms with van der Waals surface area (Å²) in [5.41, 5.74) is 1.69. The van der Waals surface area contributed by atoms with Crippen LogP contribution in [0, 0.1) is 0 Å². The standard InChI is InChI=1S/C9H5ClN2O/c10-8-4-6(5-13)9-7(12-8)2-1-3-11-9/h1-5H. The first-order valence-corrected chi connectivity index (χ1v) is 4.05. The molecule has 2 heterocycles. The molecule has 64 valence electrons. The average Bonchev–Trinajstić information content (AvgIpc) is 2.16. The molecule has 0 radical (unpaired) electrons. The van der Waals surface area contributed by atoms with Gasteiger partial charge in [-0.3, -0.25) is 9.78 Å². The molecule has 0 fully saturated rings. The van der Waals surface area contributed by atoms with Crippen LogP contribution in [0.2, 0.25) is 5.15 Å². The van der Waals surface area contributed by atoms with Gasteiger partial charge in [-0.25, -0.2) is 4.98 Å². The number of fused-ring (bicyclic) bond motifs is 1. The van der Waals surface area contributed by atoms with E-state index in [1.165, 1.54) is 6.07 Å². The molecule has 2 aromatic rings. The van der Waals surface area contributed by atoms with Gasteiger partial charge in [0.15, 0.2) is 6.29 Å². The minimum Gasteiger partial charge on any atom is -0.298 e. The summed E-state index contributed by atoms with van der Waals surface area (Å²) in [7, 11) is 0. The first-order valence-electron chi connectivity index (χ1n) is 3.68. The number of aromatic nitrogens is 2. The summed E-state index contributed by atoms with van der Waals surface area (Å²) in [6.07, 6.45) is 2.34. The predicted octanol–water partition coefficient (Wildman–Crippen LogP) is 2.10. The van der Waals surface area contributed by atoms with Gasteiger partial charge in [0.2, 0.25) is 0 Å². The van der Waals surface area contributed by atoms with Crippen molar-refractivity contribution in [3.8, 4) is 0 Å². The van der Waals surface area contributed by atoms with Crippen LogP contribution in [-0.2, 0) is 0 Å². The van der Waals surface area contributed by atoms with Gasteiger partial charge < -0.3 is 0 Å². The molecule has 0 atom stereocenters. The summed E-state index contributed by atoms with van der Waals surface area (Å²) in [4.78, 5) is 18.7. The minimum absolute atomic E-state index is 0.308. The zero-order valence-corrected chi connectivity index (χ0v) is 7.32. The minimum atomic E-state index is 0.308.